The number of rotatable bonds is 5. The van der Waals surface area contributed by atoms with Crippen LogP contribution < -0.4 is 4.31 Å². The van der Waals surface area contributed by atoms with E-state index in [0.29, 0.717) is 0 Å². The smallest absolute Gasteiger partial charge is 0.327 e. The first kappa shape index (κ1) is 16.1. The van der Waals surface area contributed by atoms with Crippen molar-refractivity contribution in [1.82, 2.24) is 0 Å². The zero-order chi connectivity index (χ0) is 14.8. The maximum absolute atomic E-state index is 12.1. The molecule has 1 rings (SSSR count). The highest BCUT2D eigenvalue weighted by molar-refractivity contribution is 7.92. The number of carboxylic acid groups (broad SMARTS) is 1. The third-order valence-corrected chi connectivity index (χ3v) is 5.19. The molecule has 0 aliphatic rings. The molecule has 0 spiro atoms. The van der Waals surface area contributed by atoms with Crippen LogP contribution in [0.15, 0.2) is 18.2 Å². The summed E-state index contributed by atoms with van der Waals surface area (Å²) in [4.78, 5) is 11.1. The van der Waals surface area contributed by atoms with E-state index in [1.54, 1.807) is 0 Å². The van der Waals surface area contributed by atoms with Gasteiger partial charge in [-0.15, -0.1) is 0 Å². The second-order valence-electron chi connectivity index (χ2n) is 3.78. The maximum atomic E-state index is 12.1. The highest BCUT2D eigenvalue weighted by Gasteiger charge is 2.32. The molecule has 19 heavy (non-hydrogen) atoms. The van der Waals surface area contributed by atoms with Crippen LogP contribution in [0.4, 0.5) is 5.69 Å². The largest absolute Gasteiger partial charge is 0.480 e. The van der Waals surface area contributed by atoms with E-state index in [1.165, 1.54) is 32.0 Å². The Morgan fingerprint density at radius 1 is 1.42 bits per heavy atom. The summed E-state index contributed by atoms with van der Waals surface area (Å²) in [5.74, 6) is -1.51. The molecular formula is C11H13Cl2NO4S. The predicted octanol–water partition coefficient (Wildman–Crippen LogP) is 2.62. The minimum absolute atomic E-state index is 0.00860. The molecule has 106 valence electrons. The second kappa shape index (κ2) is 5.98. The fourth-order valence-electron chi connectivity index (χ4n) is 1.50. The summed E-state index contributed by atoms with van der Waals surface area (Å²) in [7, 11) is -3.79. The molecular weight excluding hydrogens is 313 g/mol. The van der Waals surface area contributed by atoms with Gasteiger partial charge in [0.05, 0.1) is 21.5 Å². The Labute approximate surface area is 121 Å². The van der Waals surface area contributed by atoms with Gasteiger partial charge in [0.15, 0.2) is 0 Å². The van der Waals surface area contributed by atoms with Gasteiger partial charge in [0.25, 0.3) is 0 Å². The number of carboxylic acids is 1. The first-order chi connectivity index (χ1) is 8.72. The summed E-state index contributed by atoms with van der Waals surface area (Å²) in [5, 5.41) is 9.22. The normalized spacial score (nSPS) is 13.1. The van der Waals surface area contributed by atoms with E-state index >= 15 is 0 Å². The van der Waals surface area contributed by atoms with Crippen molar-refractivity contribution >= 4 is 44.9 Å². The number of sulfonamides is 1. The topological polar surface area (TPSA) is 74.7 Å². The number of benzene rings is 1. The molecule has 0 bridgehead atoms. The van der Waals surface area contributed by atoms with Crippen molar-refractivity contribution in [3.8, 4) is 0 Å². The molecule has 0 aliphatic carbocycles. The van der Waals surface area contributed by atoms with Crippen molar-refractivity contribution in [3.63, 3.8) is 0 Å². The SMILES string of the molecule is CCS(=O)(=O)N(c1cccc(Cl)c1Cl)C(C)C(=O)O. The average molecular weight is 326 g/mol. The maximum Gasteiger partial charge on any atom is 0.327 e. The van der Waals surface area contributed by atoms with E-state index in [-0.39, 0.29) is 21.5 Å². The van der Waals surface area contributed by atoms with Crippen molar-refractivity contribution in [2.75, 3.05) is 10.1 Å². The summed E-state index contributed by atoms with van der Waals surface area (Å²) >= 11 is 11.8. The molecule has 1 aromatic carbocycles. The van der Waals surface area contributed by atoms with E-state index < -0.39 is 22.0 Å². The molecule has 8 heteroatoms. The Balaban J connectivity index is 3.49. The van der Waals surface area contributed by atoms with Crippen LogP contribution in [0, 0.1) is 0 Å². The van der Waals surface area contributed by atoms with Gasteiger partial charge in [0, 0.05) is 0 Å². The van der Waals surface area contributed by atoms with E-state index in [9.17, 15) is 13.2 Å². The molecule has 0 aromatic heterocycles. The van der Waals surface area contributed by atoms with E-state index in [1.807, 2.05) is 0 Å². The van der Waals surface area contributed by atoms with E-state index in [2.05, 4.69) is 0 Å². The first-order valence-corrected chi connectivity index (χ1v) is 7.77. The van der Waals surface area contributed by atoms with Gasteiger partial charge in [-0.05, 0) is 26.0 Å². The van der Waals surface area contributed by atoms with Gasteiger partial charge in [-0.2, -0.15) is 0 Å². The number of hydrogen-bond acceptors (Lipinski definition) is 3. The lowest BCUT2D eigenvalue weighted by atomic mass is 10.2. The Morgan fingerprint density at radius 2 is 2.00 bits per heavy atom. The van der Waals surface area contributed by atoms with Crippen molar-refractivity contribution in [2.24, 2.45) is 0 Å². The van der Waals surface area contributed by atoms with Gasteiger partial charge in [0.2, 0.25) is 10.0 Å². The van der Waals surface area contributed by atoms with E-state index in [0.717, 1.165) is 4.31 Å². The molecule has 0 fully saturated rings. The summed E-state index contributed by atoms with van der Waals surface area (Å²) in [5.41, 5.74) is 0.0610. The Hall–Kier alpha value is -0.980. The van der Waals surface area contributed by atoms with Crippen molar-refractivity contribution in [2.45, 2.75) is 19.9 Å². The number of anilines is 1. The number of hydrogen-bond donors (Lipinski definition) is 1. The van der Waals surface area contributed by atoms with Crippen LogP contribution in [-0.4, -0.2) is 31.3 Å². The second-order valence-corrected chi connectivity index (χ2v) is 6.70. The molecule has 1 unspecified atom stereocenters. The molecule has 0 aliphatic heterocycles. The summed E-state index contributed by atoms with van der Waals surface area (Å²) < 4.78 is 24.9. The van der Waals surface area contributed by atoms with Crippen LogP contribution in [0.1, 0.15) is 13.8 Å². The zero-order valence-electron chi connectivity index (χ0n) is 10.3. The van der Waals surface area contributed by atoms with Crippen LogP contribution in [-0.2, 0) is 14.8 Å². The van der Waals surface area contributed by atoms with Gasteiger partial charge in [0.1, 0.15) is 6.04 Å². The molecule has 1 N–H and O–H groups in total. The number of aliphatic carboxylic acids is 1. The van der Waals surface area contributed by atoms with E-state index in [4.69, 9.17) is 28.3 Å². The Bertz CT molecular complexity index is 588. The van der Waals surface area contributed by atoms with Gasteiger partial charge in [-0.1, -0.05) is 29.3 Å². The van der Waals surface area contributed by atoms with Gasteiger partial charge in [-0.25, -0.2) is 13.2 Å². The summed E-state index contributed by atoms with van der Waals surface area (Å²) in [6.45, 7) is 2.70. The molecule has 1 aromatic rings. The first-order valence-electron chi connectivity index (χ1n) is 5.41. The minimum atomic E-state index is -3.79. The summed E-state index contributed by atoms with van der Waals surface area (Å²) in [6, 6.07) is 3.15. The van der Waals surface area contributed by atoms with Crippen LogP contribution in [0.25, 0.3) is 0 Å². The lowest BCUT2D eigenvalue weighted by Crippen LogP contribution is -2.44. The van der Waals surface area contributed by atoms with Crippen molar-refractivity contribution in [3.05, 3.63) is 28.2 Å². The molecule has 0 saturated carbocycles. The fraction of sp³-hybridized carbons (Fsp3) is 0.364. The van der Waals surface area contributed by atoms with Crippen molar-refractivity contribution < 1.29 is 18.3 Å². The lowest BCUT2D eigenvalue weighted by Gasteiger charge is -2.28. The molecule has 1 atom stereocenters. The summed E-state index contributed by atoms with van der Waals surface area (Å²) in [6.07, 6.45) is 0. The number of nitrogens with zero attached hydrogens (tertiary/aromatic N) is 1. The molecule has 0 saturated heterocycles. The average Bonchev–Trinajstić information content (AvgIpc) is 2.34. The fourth-order valence-corrected chi connectivity index (χ4v) is 3.24. The van der Waals surface area contributed by atoms with Crippen LogP contribution in [0.2, 0.25) is 10.0 Å². The van der Waals surface area contributed by atoms with Gasteiger partial charge in [-0.3, -0.25) is 4.31 Å². The van der Waals surface area contributed by atoms with Gasteiger partial charge >= 0.3 is 5.97 Å². The van der Waals surface area contributed by atoms with Crippen LogP contribution in [0.5, 0.6) is 0 Å². The lowest BCUT2D eigenvalue weighted by molar-refractivity contribution is -0.137. The van der Waals surface area contributed by atoms with Crippen LogP contribution in [0.3, 0.4) is 0 Å². The van der Waals surface area contributed by atoms with Gasteiger partial charge < -0.3 is 5.11 Å². The minimum Gasteiger partial charge on any atom is -0.480 e. The molecule has 0 radical (unpaired) electrons. The molecule has 0 heterocycles. The quantitative estimate of drug-likeness (QED) is 0.902. The van der Waals surface area contributed by atoms with Crippen LogP contribution >= 0.6 is 23.2 Å². The molecule has 0 amide bonds. The monoisotopic (exact) mass is 325 g/mol. The zero-order valence-corrected chi connectivity index (χ0v) is 12.6. The number of carbonyl (C=O) groups is 1. The standard InChI is InChI=1S/C11H13Cl2NO4S/c1-3-19(17,18)14(7(2)11(15)16)9-6-4-5-8(12)10(9)13/h4-7H,3H2,1-2H3,(H,15,16). The third-order valence-electron chi connectivity index (χ3n) is 2.54. The Morgan fingerprint density at radius 3 is 2.47 bits per heavy atom. The highest BCUT2D eigenvalue weighted by atomic mass is 35.5. The van der Waals surface area contributed by atoms with Crippen molar-refractivity contribution in [1.29, 1.82) is 0 Å². The molecule has 5 nitrogen and oxygen atoms in total. The Kier molecular flexibility index (Phi) is 5.06. The highest BCUT2D eigenvalue weighted by Crippen LogP contribution is 2.35. The predicted molar refractivity (Wildman–Crippen MR) is 75.5 cm³/mol. The number of halogens is 2. The third kappa shape index (κ3) is 3.32.